The van der Waals surface area contributed by atoms with Crippen molar-refractivity contribution in [2.45, 2.75) is 10.1 Å². The average Bonchev–Trinajstić information content (AvgIpc) is 3.27. The third kappa shape index (κ3) is 4.34. The van der Waals surface area contributed by atoms with Gasteiger partial charge in [0.25, 0.3) is 0 Å². The lowest BCUT2D eigenvalue weighted by molar-refractivity contribution is 0.415. The van der Waals surface area contributed by atoms with Gasteiger partial charge in [-0.2, -0.15) is 0 Å². The van der Waals surface area contributed by atoms with Crippen molar-refractivity contribution in [2.75, 3.05) is 19.0 Å². The van der Waals surface area contributed by atoms with Gasteiger partial charge >= 0.3 is 0 Å². The second-order valence-electron chi connectivity index (χ2n) is 4.70. The molecule has 1 N–H and O–H groups in total. The molecule has 0 saturated carbocycles. The highest BCUT2D eigenvalue weighted by Gasteiger charge is 2.08. The van der Waals surface area contributed by atoms with Crippen molar-refractivity contribution >= 4 is 39.6 Å². The van der Waals surface area contributed by atoms with Gasteiger partial charge < -0.3 is 10.1 Å². The lowest BCUT2D eigenvalue weighted by Crippen LogP contribution is -1.96. The van der Waals surface area contributed by atoms with Gasteiger partial charge in [-0.3, -0.25) is 0 Å². The third-order valence-corrected chi connectivity index (χ3v) is 6.02. The molecular formula is C16H16N4OS3. The number of benzene rings is 1. The number of thiazole rings is 1. The summed E-state index contributed by atoms with van der Waals surface area (Å²) in [7, 11) is 1.67. The van der Waals surface area contributed by atoms with Crippen molar-refractivity contribution in [2.24, 2.45) is 0 Å². The Morgan fingerprint density at radius 1 is 1.29 bits per heavy atom. The van der Waals surface area contributed by atoms with E-state index >= 15 is 0 Å². The van der Waals surface area contributed by atoms with E-state index in [9.17, 15) is 0 Å². The van der Waals surface area contributed by atoms with Crippen LogP contribution in [0.15, 0.2) is 46.6 Å². The number of nitrogens with one attached hydrogen (secondary N) is 1. The van der Waals surface area contributed by atoms with E-state index in [-0.39, 0.29) is 0 Å². The maximum atomic E-state index is 5.18. The molecule has 0 fully saturated rings. The molecule has 2 heterocycles. The number of hydrogen-bond acceptors (Lipinski definition) is 8. The highest BCUT2D eigenvalue weighted by Crippen LogP contribution is 2.31. The molecular weight excluding hydrogens is 360 g/mol. The van der Waals surface area contributed by atoms with Crippen LogP contribution >= 0.6 is 34.4 Å². The van der Waals surface area contributed by atoms with Crippen LogP contribution < -0.4 is 10.1 Å². The minimum absolute atomic E-state index is 0.691. The molecule has 5 nitrogen and oxygen atoms in total. The first-order valence-electron chi connectivity index (χ1n) is 7.18. The zero-order valence-electron chi connectivity index (χ0n) is 13.1. The number of methoxy groups -OCH3 is 1. The van der Waals surface area contributed by atoms with Crippen molar-refractivity contribution in [3.05, 3.63) is 48.0 Å². The highest BCUT2D eigenvalue weighted by molar-refractivity contribution is 8.00. The van der Waals surface area contributed by atoms with E-state index in [1.807, 2.05) is 24.3 Å². The van der Waals surface area contributed by atoms with Crippen LogP contribution in [0, 0.1) is 0 Å². The van der Waals surface area contributed by atoms with Crippen LogP contribution in [0.5, 0.6) is 5.75 Å². The maximum absolute atomic E-state index is 5.18. The van der Waals surface area contributed by atoms with Gasteiger partial charge in [-0.25, -0.2) is 4.98 Å². The number of aromatic nitrogens is 3. The standard InChI is InChI=1S/C16H16N4OS3/c1-3-8-17-15-19-20-16(24-15)23-10-12-9-22-14(18-12)11-4-6-13(21-2)7-5-11/h3-7,9H,1,8,10H2,2H3,(H,17,19). The molecule has 0 aliphatic heterocycles. The molecule has 0 radical (unpaired) electrons. The predicted octanol–water partition coefficient (Wildman–Crippen LogP) is 4.56. The summed E-state index contributed by atoms with van der Waals surface area (Å²) in [4.78, 5) is 4.69. The Morgan fingerprint density at radius 2 is 2.12 bits per heavy atom. The molecule has 0 amide bonds. The van der Waals surface area contributed by atoms with Crippen molar-refractivity contribution in [3.8, 4) is 16.3 Å². The lowest BCUT2D eigenvalue weighted by atomic mass is 10.2. The van der Waals surface area contributed by atoms with E-state index in [1.54, 1.807) is 47.6 Å². The van der Waals surface area contributed by atoms with Gasteiger partial charge in [0, 0.05) is 23.2 Å². The topological polar surface area (TPSA) is 59.9 Å². The fourth-order valence-electron chi connectivity index (χ4n) is 1.87. The largest absolute Gasteiger partial charge is 0.497 e. The number of rotatable bonds is 8. The van der Waals surface area contributed by atoms with Crippen LogP contribution in [0.3, 0.4) is 0 Å². The molecule has 8 heteroatoms. The van der Waals surface area contributed by atoms with Crippen molar-refractivity contribution in [1.29, 1.82) is 0 Å². The van der Waals surface area contributed by atoms with Gasteiger partial charge in [0.15, 0.2) is 4.34 Å². The molecule has 124 valence electrons. The van der Waals surface area contributed by atoms with Gasteiger partial charge in [0.1, 0.15) is 10.8 Å². The maximum Gasteiger partial charge on any atom is 0.206 e. The summed E-state index contributed by atoms with van der Waals surface area (Å²) in [5.41, 5.74) is 2.15. The number of ether oxygens (including phenoxy) is 1. The van der Waals surface area contributed by atoms with Crippen LogP contribution in [0.25, 0.3) is 10.6 Å². The van der Waals surface area contributed by atoms with Gasteiger partial charge in [-0.05, 0) is 24.3 Å². The van der Waals surface area contributed by atoms with Gasteiger partial charge in [0.05, 0.1) is 12.8 Å². The molecule has 1 aromatic carbocycles. The van der Waals surface area contributed by atoms with Crippen molar-refractivity contribution in [3.63, 3.8) is 0 Å². The number of anilines is 1. The van der Waals surface area contributed by atoms with E-state index in [0.29, 0.717) is 6.54 Å². The molecule has 3 rings (SSSR count). The predicted molar refractivity (Wildman–Crippen MR) is 102 cm³/mol. The molecule has 3 aromatic rings. The van der Waals surface area contributed by atoms with Gasteiger partial charge in [-0.15, -0.1) is 28.1 Å². The minimum Gasteiger partial charge on any atom is -0.497 e. The van der Waals surface area contributed by atoms with Crippen LogP contribution in [0.2, 0.25) is 0 Å². The Morgan fingerprint density at radius 3 is 2.88 bits per heavy atom. The Hall–Kier alpha value is -1.90. The molecule has 0 aliphatic rings. The van der Waals surface area contributed by atoms with E-state index in [4.69, 9.17) is 9.72 Å². The quantitative estimate of drug-likeness (QED) is 0.459. The molecule has 0 saturated heterocycles. The first-order valence-corrected chi connectivity index (χ1v) is 9.86. The Labute approximate surface area is 152 Å². The third-order valence-electron chi connectivity index (χ3n) is 3.04. The molecule has 0 aliphatic carbocycles. The second-order valence-corrected chi connectivity index (χ2v) is 7.76. The molecule has 0 atom stereocenters. The molecule has 0 spiro atoms. The van der Waals surface area contributed by atoms with Gasteiger partial charge in [-0.1, -0.05) is 29.2 Å². The van der Waals surface area contributed by atoms with Crippen LogP contribution in [-0.2, 0) is 5.75 Å². The van der Waals surface area contributed by atoms with Crippen LogP contribution in [0.4, 0.5) is 5.13 Å². The summed E-state index contributed by atoms with van der Waals surface area (Å²) in [5, 5.41) is 15.3. The fraction of sp³-hybridized carbons (Fsp3) is 0.188. The van der Waals surface area contributed by atoms with Crippen molar-refractivity contribution in [1.82, 2.24) is 15.2 Å². The average molecular weight is 377 g/mol. The second kappa shape index (κ2) is 8.27. The molecule has 2 aromatic heterocycles. The minimum atomic E-state index is 0.691. The molecule has 24 heavy (non-hydrogen) atoms. The summed E-state index contributed by atoms with van der Waals surface area (Å²) in [6, 6.07) is 7.95. The number of thioether (sulfide) groups is 1. The Balaban J connectivity index is 1.59. The lowest BCUT2D eigenvalue weighted by Gasteiger charge is -2.00. The molecule has 0 unspecified atom stereocenters. The number of nitrogens with zero attached hydrogens (tertiary/aromatic N) is 3. The summed E-state index contributed by atoms with van der Waals surface area (Å²) in [5.74, 6) is 1.63. The highest BCUT2D eigenvalue weighted by atomic mass is 32.2. The van der Waals surface area contributed by atoms with E-state index in [1.165, 1.54) is 0 Å². The van der Waals surface area contributed by atoms with E-state index in [2.05, 4.69) is 27.5 Å². The van der Waals surface area contributed by atoms with E-state index < -0.39 is 0 Å². The summed E-state index contributed by atoms with van der Waals surface area (Å²) >= 11 is 4.83. The fourth-order valence-corrected chi connectivity index (χ4v) is 4.46. The monoisotopic (exact) mass is 376 g/mol. The Kier molecular flexibility index (Phi) is 5.84. The summed E-state index contributed by atoms with van der Waals surface area (Å²) in [6.45, 7) is 4.36. The zero-order valence-corrected chi connectivity index (χ0v) is 15.5. The van der Waals surface area contributed by atoms with E-state index in [0.717, 1.165) is 37.2 Å². The molecule has 0 bridgehead atoms. The summed E-state index contributed by atoms with van der Waals surface area (Å²) < 4.78 is 6.11. The smallest absolute Gasteiger partial charge is 0.206 e. The van der Waals surface area contributed by atoms with Gasteiger partial charge in [0.2, 0.25) is 5.13 Å². The SMILES string of the molecule is C=CCNc1nnc(SCc2csc(-c3ccc(OC)cc3)n2)s1. The number of hydrogen-bond donors (Lipinski definition) is 1. The van der Waals surface area contributed by atoms with Crippen LogP contribution in [0.1, 0.15) is 5.69 Å². The first-order chi connectivity index (χ1) is 11.8. The van der Waals surface area contributed by atoms with Crippen molar-refractivity contribution < 1.29 is 4.74 Å². The summed E-state index contributed by atoms with van der Waals surface area (Å²) in [6.07, 6.45) is 1.80. The zero-order chi connectivity index (χ0) is 16.8. The van der Waals surface area contributed by atoms with Crippen LogP contribution in [-0.4, -0.2) is 28.8 Å². The first kappa shape index (κ1) is 16.9. The Bertz CT molecular complexity index is 798. The normalized spacial score (nSPS) is 10.5.